The average Bonchev–Trinajstić information content (AvgIpc) is 3.40. The molecule has 3 heterocycles. The Kier molecular flexibility index (Phi) is 9.32. The highest BCUT2D eigenvalue weighted by molar-refractivity contribution is 9.13. The molecule has 0 unspecified atom stereocenters. The zero-order valence-corrected chi connectivity index (χ0v) is 26.4. The average molecular weight is 701 g/mol. The Labute approximate surface area is 254 Å². The van der Waals surface area contributed by atoms with Crippen LogP contribution in [0, 0.1) is 5.92 Å². The minimum absolute atomic E-state index is 0.0339. The molecule has 1 aliphatic carbocycles. The third-order valence-corrected chi connectivity index (χ3v) is 9.47. The van der Waals surface area contributed by atoms with Crippen LogP contribution in [0.15, 0.2) is 32.1 Å². The molecule has 2 aliphatic heterocycles. The third-order valence-electron chi connectivity index (χ3n) is 7.58. The number of nitrogens with zero attached hydrogens (tertiary/aromatic N) is 3. The first-order valence-corrected chi connectivity index (χ1v) is 15.3. The molecule has 0 radical (unpaired) electrons. The van der Waals surface area contributed by atoms with E-state index in [0.29, 0.717) is 17.3 Å². The molecule has 3 aliphatic rings. The van der Waals surface area contributed by atoms with Gasteiger partial charge >= 0.3 is 12.1 Å². The van der Waals surface area contributed by atoms with E-state index in [-0.39, 0.29) is 29.8 Å². The number of rotatable bonds is 3. The number of carbonyl (C=O) groups excluding carboxylic acids is 3. The Morgan fingerprint density at radius 1 is 1.20 bits per heavy atom. The molecule has 0 spiro atoms. The summed E-state index contributed by atoms with van der Waals surface area (Å²) in [7, 11) is 0. The number of allylic oxidation sites excluding steroid dienone is 1. The lowest BCUT2D eigenvalue weighted by Gasteiger charge is -2.30. The van der Waals surface area contributed by atoms with Crippen LogP contribution in [0.1, 0.15) is 71.8 Å². The molecule has 2 fully saturated rings. The molecule has 41 heavy (non-hydrogen) atoms. The van der Waals surface area contributed by atoms with Crippen molar-refractivity contribution in [1.82, 2.24) is 25.3 Å². The standard InChI is InChI=1S/C27H35Br2N5O7/c1-26(2,3)41-25(40)31-18-10-8-6-4-5-7-9-15-12-27(15,24(38)39)32-21(35)19-11-16(14-33(19)22(18)36)34-23(37)20(29)17(28)13-30-34/h7,9,13,15-16,18-19H,4-6,8,10-12,14H2,1-3H3,(H,31,40)(H,32,35)(H,38,39)/b9-7-/t15-,16+,18+,19+,27-/m1/s1. The van der Waals surface area contributed by atoms with Gasteiger partial charge in [0.1, 0.15) is 27.7 Å². The van der Waals surface area contributed by atoms with Gasteiger partial charge in [0.25, 0.3) is 5.56 Å². The summed E-state index contributed by atoms with van der Waals surface area (Å²) in [6, 6.07) is -2.73. The Hall–Kier alpha value is -2.74. The maximum Gasteiger partial charge on any atom is 0.408 e. The van der Waals surface area contributed by atoms with Crippen LogP contribution in [0.3, 0.4) is 0 Å². The fourth-order valence-electron chi connectivity index (χ4n) is 5.39. The molecule has 3 N–H and O–H groups in total. The number of ether oxygens (including phenoxy) is 1. The summed E-state index contributed by atoms with van der Waals surface area (Å²) >= 11 is 6.50. The van der Waals surface area contributed by atoms with Gasteiger partial charge in [-0.25, -0.2) is 14.3 Å². The van der Waals surface area contributed by atoms with Crippen molar-refractivity contribution in [1.29, 1.82) is 0 Å². The lowest BCUT2D eigenvalue weighted by Crippen LogP contribution is -2.56. The van der Waals surface area contributed by atoms with E-state index < -0.39 is 58.7 Å². The van der Waals surface area contributed by atoms with Crippen molar-refractivity contribution in [2.45, 2.75) is 95.0 Å². The molecule has 12 nitrogen and oxygen atoms in total. The van der Waals surface area contributed by atoms with Gasteiger partial charge in [-0.1, -0.05) is 25.0 Å². The van der Waals surface area contributed by atoms with E-state index >= 15 is 0 Å². The lowest BCUT2D eigenvalue weighted by molar-refractivity contribution is -0.145. The Bertz CT molecular complexity index is 1310. The van der Waals surface area contributed by atoms with Crippen LogP contribution in [0.25, 0.3) is 0 Å². The topological polar surface area (TPSA) is 160 Å². The smallest absolute Gasteiger partial charge is 0.408 e. The van der Waals surface area contributed by atoms with Crippen LogP contribution >= 0.6 is 31.9 Å². The number of fused-ring (bicyclic) bond motifs is 2. The van der Waals surface area contributed by atoms with Crippen molar-refractivity contribution in [3.05, 3.63) is 37.6 Å². The highest BCUT2D eigenvalue weighted by atomic mass is 79.9. The fraction of sp³-hybridized carbons (Fsp3) is 0.630. The monoisotopic (exact) mass is 699 g/mol. The summed E-state index contributed by atoms with van der Waals surface area (Å²) in [6.45, 7) is 5.12. The van der Waals surface area contributed by atoms with Gasteiger partial charge < -0.3 is 25.4 Å². The van der Waals surface area contributed by atoms with E-state index in [1.165, 1.54) is 15.8 Å². The second-order valence-corrected chi connectivity index (χ2v) is 13.4. The van der Waals surface area contributed by atoms with E-state index in [4.69, 9.17) is 4.74 Å². The van der Waals surface area contributed by atoms with E-state index in [0.717, 1.165) is 19.3 Å². The highest BCUT2D eigenvalue weighted by Crippen LogP contribution is 2.45. The van der Waals surface area contributed by atoms with E-state index in [1.54, 1.807) is 20.8 Å². The number of aromatic nitrogens is 2. The van der Waals surface area contributed by atoms with Gasteiger partial charge in [0, 0.05) is 18.9 Å². The number of hydrogen-bond donors (Lipinski definition) is 3. The highest BCUT2D eigenvalue weighted by Gasteiger charge is 2.61. The van der Waals surface area contributed by atoms with Gasteiger partial charge in [0.2, 0.25) is 11.8 Å². The van der Waals surface area contributed by atoms with Crippen molar-refractivity contribution >= 4 is 55.7 Å². The Balaban J connectivity index is 1.69. The summed E-state index contributed by atoms with van der Waals surface area (Å²) in [5.74, 6) is -2.64. The van der Waals surface area contributed by atoms with Crippen molar-refractivity contribution < 1.29 is 29.0 Å². The maximum absolute atomic E-state index is 14.0. The van der Waals surface area contributed by atoms with Gasteiger partial charge in [-0.3, -0.25) is 14.4 Å². The van der Waals surface area contributed by atoms with Crippen LogP contribution in [0.4, 0.5) is 4.79 Å². The number of carbonyl (C=O) groups is 4. The molecular weight excluding hydrogens is 666 g/mol. The largest absolute Gasteiger partial charge is 0.479 e. The zero-order valence-electron chi connectivity index (χ0n) is 23.2. The van der Waals surface area contributed by atoms with Gasteiger partial charge in [-0.05, 0) is 78.3 Å². The third kappa shape index (κ3) is 7.02. The SMILES string of the molecule is CC(C)(C)OC(=O)N[C@H]1CCCCC/C=C\[C@@H]2C[C@@]2(C(=O)O)NC(=O)[C@@H]2C[C@H](n3ncc(Br)c(Br)c3=O)CN2C1=O. The number of carboxylic acid groups (broad SMARTS) is 1. The molecule has 3 amide bonds. The Morgan fingerprint density at radius 3 is 2.61 bits per heavy atom. The second-order valence-electron chi connectivity index (χ2n) is 11.8. The predicted octanol–water partition coefficient (Wildman–Crippen LogP) is 3.28. The van der Waals surface area contributed by atoms with E-state index in [1.807, 2.05) is 12.2 Å². The molecule has 1 aromatic rings. The van der Waals surface area contributed by atoms with Crippen LogP contribution < -0.4 is 16.2 Å². The number of halogens is 2. The number of carboxylic acids is 1. The fourth-order valence-corrected chi connectivity index (χ4v) is 5.93. The second kappa shape index (κ2) is 12.2. The van der Waals surface area contributed by atoms with Crippen molar-refractivity contribution in [2.24, 2.45) is 5.92 Å². The molecule has 5 atom stereocenters. The molecule has 1 saturated heterocycles. The van der Waals surface area contributed by atoms with Crippen LogP contribution in [0.2, 0.25) is 0 Å². The summed E-state index contributed by atoms with van der Waals surface area (Å²) < 4.78 is 7.31. The number of aliphatic carboxylic acids is 1. The minimum atomic E-state index is -1.45. The molecule has 0 bridgehead atoms. The molecular formula is C27H35Br2N5O7. The van der Waals surface area contributed by atoms with Gasteiger partial charge in [-0.15, -0.1) is 0 Å². The van der Waals surface area contributed by atoms with Crippen molar-refractivity contribution in [3.8, 4) is 0 Å². The number of amides is 3. The predicted molar refractivity (Wildman–Crippen MR) is 155 cm³/mol. The van der Waals surface area contributed by atoms with Gasteiger partial charge in [0.15, 0.2) is 0 Å². The van der Waals surface area contributed by atoms with Crippen molar-refractivity contribution in [2.75, 3.05) is 6.54 Å². The van der Waals surface area contributed by atoms with Crippen LogP contribution in [0.5, 0.6) is 0 Å². The Morgan fingerprint density at radius 2 is 1.93 bits per heavy atom. The maximum atomic E-state index is 14.0. The first kappa shape index (κ1) is 31.2. The number of hydrogen-bond acceptors (Lipinski definition) is 7. The molecule has 224 valence electrons. The van der Waals surface area contributed by atoms with Gasteiger partial charge in [0.05, 0.1) is 16.7 Å². The summed E-state index contributed by atoms with van der Waals surface area (Å²) in [5.41, 5.74) is -2.68. The molecule has 4 rings (SSSR count). The van der Waals surface area contributed by atoms with Crippen LogP contribution in [-0.2, 0) is 19.1 Å². The lowest BCUT2D eigenvalue weighted by atomic mass is 10.0. The first-order valence-electron chi connectivity index (χ1n) is 13.7. The quantitative estimate of drug-likeness (QED) is 0.405. The number of nitrogens with one attached hydrogen (secondary N) is 2. The summed E-state index contributed by atoms with van der Waals surface area (Å²) in [5, 5.41) is 19.6. The summed E-state index contributed by atoms with van der Waals surface area (Å²) in [6.07, 6.45) is 8.04. The van der Waals surface area contributed by atoms with Crippen LogP contribution in [-0.4, -0.2) is 73.4 Å². The first-order chi connectivity index (χ1) is 19.2. The number of alkyl carbamates (subject to hydrolysis) is 1. The van der Waals surface area contributed by atoms with Crippen molar-refractivity contribution in [3.63, 3.8) is 0 Å². The minimum Gasteiger partial charge on any atom is -0.479 e. The molecule has 14 heteroatoms. The molecule has 1 aromatic heterocycles. The molecule has 1 saturated carbocycles. The normalized spacial score (nSPS) is 29.7. The zero-order chi connectivity index (χ0) is 30.1. The van der Waals surface area contributed by atoms with E-state index in [2.05, 4.69) is 47.6 Å². The summed E-state index contributed by atoms with van der Waals surface area (Å²) in [4.78, 5) is 67.0. The van der Waals surface area contributed by atoms with E-state index in [9.17, 15) is 29.1 Å². The molecule has 0 aromatic carbocycles. The van der Waals surface area contributed by atoms with Gasteiger partial charge in [-0.2, -0.15) is 5.10 Å².